The average molecular weight is 337 g/mol. The van der Waals surface area contributed by atoms with Crippen LogP contribution in [0.4, 0.5) is 4.79 Å². The number of hydrogen-bond donors (Lipinski definition) is 3. The Morgan fingerprint density at radius 2 is 1.79 bits per heavy atom. The molecule has 0 saturated carbocycles. The second-order valence-corrected chi connectivity index (χ2v) is 4.45. The summed E-state index contributed by atoms with van der Waals surface area (Å²) >= 11 is 0. The minimum Gasteiger partial charge on any atom is -0.496 e. The molecule has 9 heteroatoms. The summed E-state index contributed by atoms with van der Waals surface area (Å²) in [6.45, 7) is 0.994. The summed E-state index contributed by atoms with van der Waals surface area (Å²) in [5, 5.41) is 6.68. The lowest BCUT2D eigenvalue weighted by Gasteiger charge is -2.09. The van der Waals surface area contributed by atoms with Crippen LogP contribution in [0.5, 0.6) is 5.75 Å². The molecule has 0 aromatic heterocycles. The SMILES string of the molecule is CCNC(=O)NC(=O)COC(=O)CNC(=O)c1ccccc1OC. The van der Waals surface area contributed by atoms with E-state index < -0.39 is 37.0 Å². The van der Waals surface area contributed by atoms with Gasteiger partial charge in [-0.25, -0.2) is 4.79 Å². The van der Waals surface area contributed by atoms with Crippen LogP contribution in [-0.2, 0) is 14.3 Å². The van der Waals surface area contributed by atoms with Crippen molar-refractivity contribution in [1.82, 2.24) is 16.0 Å². The Morgan fingerprint density at radius 3 is 2.46 bits per heavy atom. The van der Waals surface area contributed by atoms with Crippen LogP contribution in [0.2, 0.25) is 0 Å². The first-order chi connectivity index (χ1) is 11.5. The Balaban J connectivity index is 2.37. The van der Waals surface area contributed by atoms with Gasteiger partial charge in [0.15, 0.2) is 6.61 Å². The third-order valence-corrected chi connectivity index (χ3v) is 2.70. The van der Waals surface area contributed by atoms with Crippen molar-refractivity contribution in [1.29, 1.82) is 0 Å². The minimum absolute atomic E-state index is 0.266. The molecule has 1 aromatic carbocycles. The van der Waals surface area contributed by atoms with Crippen molar-refractivity contribution in [2.24, 2.45) is 0 Å². The van der Waals surface area contributed by atoms with Gasteiger partial charge in [-0.2, -0.15) is 0 Å². The van der Waals surface area contributed by atoms with E-state index in [-0.39, 0.29) is 5.56 Å². The number of rotatable bonds is 7. The second kappa shape index (κ2) is 9.82. The molecule has 24 heavy (non-hydrogen) atoms. The van der Waals surface area contributed by atoms with E-state index in [0.29, 0.717) is 12.3 Å². The maximum atomic E-state index is 12.0. The number of benzene rings is 1. The first-order valence-corrected chi connectivity index (χ1v) is 7.12. The van der Waals surface area contributed by atoms with E-state index in [4.69, 9.17) is 4.74 Å². The molecule has 130 valence electrons. The largest absolute Gasteiger partial charge is 0.496 e. The predicted octanol–water partition coefficient (Wildman–Crippen LogP) is -0.186. The lowest BCUT2D eigenvalue weighted by atomic mass is 10.2. The summed E-state index contributed by atoms with van der Waals surface area (Å²) in [6.07, 6.45) is 0. The predicted molar refractivity (Wildman–Crippen MR) is 83.5 cm³/mol. The van der Waals surface area contributed by atoms with E-state index in [9.17, 15) is 19.2 Å². The molecule has 0 atom stereocenters. The van der Waals surface area contributed by atoms with Crippen LogP contribution in [0.1, 0.15) is 17.3 Å². The number of urea groups is 1. The second-order valence-electron chi connectivity index (χ2n) is 4.45. The standard InChI is InChI=1S/C15H19N3O6/c1-3-16-15(22)18-12(19)9-24-13(20)8-17-14(21)10-6-4-5-7-11(10)23-2/h4-7H,3,8-9H2,1-2H3,(H,17,21)(H2,16,18,19,22). The smallest absolute Gasteiger partial charge is 0.325 e. The molecule has 3 N–H and O–H groups in total. The van der Waals surface area contributed by atoms with Crippen molar-refractivity contribution in [3.8, 4) is 5.75 Å². The van der Waals surface area contributed by atoms with Crippen LogP contribution in [0.15, 0.2) is 24.3 Å². The highest BCUT2D eigenvalue weighted by Gasteiger charge is 2.14. The van der Waals surface area contributed by atoms with Crippen molar-refractivity contribution in [2.45, 2.75) is 6.92 Å². The molecule has 0 heterocycles. The summed E-state index contributed by atoms with van der Waals surface area (Å²) in [7, 11) is 1.42. The summed E-state index contributed by atoms with van der Waals surface area (Å²) in [6, 6.07) is 5.83. The summed E-state index contributed by atoms with van der Waals surface area (Å²) in [4.78, 5) is 45.9. The van der Waals surface area contributed by atoms with Crippen molar-refractivity contribution >= 4 is 23.8 Å². The van der Waals surface area contributed by atoms with Crippen LogP contribution < -0.4 is 20.7 Å². The number of amides is 4. The zero-order valence-electron chi connectivity index (χ0n) is 13.4. The Morgan fingerprint density at radius 1 is 1.08 bits per heavy atom. The normalized spacial score (nSPS) is 9.58. The van der Waals surface area contributed by atoms with Gasteiger partial charge >= 0.3 is 12.0 Å². The van der Waals surface area contributed by atoms with Gasteiger partial charge in [0.25, 0.3) is 11.8 Å². The van der Waals surface area contributed by atoms with Crippen LogP contribution in [0.25, 0.3) is 0 Å². The van der Waals surface area contributed by atoms with E-state index in [1.54, 1.807) is 31.2 Å². The molecular formula is C15H19N3O6. The molecule has 1 aromatic rings. The quantitative estimate of drug-likeness (QED) is 0.593. The first kappa shape index (κ1) is 18.9. The topological polar surface area (TPSA) is 123 Å². The summed E-state index contributed by atoms with van der Waals surface area (Å²) < 4.78 is 9.69. The van der Waals surface area contributed by atoms with E-state index in [1.807, 2.05) is 5.32 Å². The molecule has 0 aliphatic heterocycles. The van der Waals surface area contributed by atoms with E-state index in [0.717, 1.165) is 0 Å². The highest BCUT2D eigenvalue weighted by molar-refractivity contribution is 5.98. The van der Waals surface area contributed by atoms with Gasteiger partial charge in [-0.05, 0) is 19.1 Å². The molecule has 0 unspecified atom stereocenters. The highest BCUT2D eigenvalue weighted by atomic mass is 16.5. The van der Waals surface area contributed by atoms with E-state index in [1.165, 1.54) is 7.11 Å². The fraction of sp³-hybridized carbons (Fsp3) is 0.333. The molecule has 1 rings (SSSR count). The molecular weight excluding hydrogens is 318 g/mol. The van der Waals surface area contributed by atoms with Gasteiger partial charge in [0.2, 0.25) is 0 Å². The van der Waals surface area contributed by atoms with Gasteiger partial charge in [-0.15, -0.1) is 0 Å². The Hall–Kier alpha value is -3.10. The van der Waals surface area contributed by atoms with Crippen LogP contribution in [0, 0.1) is 0 Å². The molecule has 0 saturated heterocycles. The monoisotopic (exact) mass is 337 g/mol. The molecule has 0 aliphatic rings. The third-order valence-electron chi connectivity index (χ3n) is 2.70. The molecule has 0 radical (unpaired) electrons. The number of imide groups is 1. The average Bonchev–Trinajstić information content (AvgIpc) is 2.57. The molecule has 4 amide bonds. The maximum Gasteiger partial charge on any atom is 0.325 e. The van der Waals surface area contributed by atoms with E-state index in [2.05, 4.69) is 15.4 Å². The van der Waals surface area contributed by atoms with Crippen molar-refractivity contribution in [3.63, 3.8) is 0 Å². The van der Waals surface area contributed by atoms with Crippen molar-refractivity contribution < 1.29 is 28.7 Å². The Kier molecular flexibility index (Phi) is 7.76. The number of methoxy groups -OCH3 is 1. The lowest BCUT2D eigenvalue weighted by Crippen LogP contribution is -2.41. The molecule has 0 spiro atoms. The molecule has 9 nitrogen and oxygen atoms in total. The number of carbonyl (C=O) groups excluding carboxylic acids is 4. The fourth-order valence-electron chi connectivity index (χ4n) is 1.64. The maximum absolute atomic E-state index is 12.0. The van der Waals surface area contributed by atoms with Crippen molar-refractivity contribution in [2.75, 3.05) is 26.8 Å². The van der Waals surface area contributed by atoms with Crippen LogP contribution in [-0.4, -0.2) is 50.6 Å². The number of ether oxygens (including phenoxy) is 2. The van der Waals surface area contributed by atoms with Gasteiger partial charge in [-0.1, -0.05) is 12.1 Å². The fourth-order valence-corrected chi connectivity index (χ4v) is 1.64. The van der Waals surface area contributed by atoms with E-state index >= 15 is 0 Å². The highest BCUT2D eigenvalue weighted by Crippen LogP contribution is 2.16. The van der Waals surface area contributed by atoms with Gasteiger partial charge in [0.1, 0.15) is 12.3 Å². The Labute approximate surface area is 138 Å². The van der Waals surface area contributed by atoms with Gasteiger partial charge in [0.05, 0.1) is 12.7 Å². The molecule has 0 aliphatic carbocycles. The zero-order chi connectivity index (χ0) is 17.9. The summed E-state index contributed by atoms with van der Waals surface area (Å²) in [5.74, 6) is -1.74. The number of nitrogens with one attached hydrogen (secondary N) is 3. The Bertz CT molecular complexity index is 617. The third kappa shape index (κ3) is 6.34. The van der Waals surface area contributed by atoms with Gasteiger partial charge < -0.3 is 20.1 Å². The summed E-state index contributed by atoms with van der Waals surface area (Å²) in [5.41, 5.74) is 0.266. The number of hydrogen-bond acceptors (Lipinski definition) is 6. The number of carbonyl (C=O) groups is 4. The van der Waals surface area contributed by atoms with Crippen molar-refractivity contribution in [3.05, 3.63) is 29.8 Å². The molecule has 0 fully saturated rings. The van der Waals surface area contributed by atoms with Crippen LogP contribution in [0.3, 0.4) is 0 Å². The number of para-hydroxylation sites is 1. The zero-order valence-corrected chi connectivity index (χ0v) is 13.4. The first-order valence-electron chi connectivity index (χ1n) is 7.12. The van der Waals surface area contributed by atoms with Gasteiger partial charge in [0, 0.05) is 6.54 Å². The van der Waals surface area contributed by atoms with Gasteiger partial charge in [-0.3, -0.25) is 19.7 Å². The number of esters is 1. The van der Waals surface area contributed by atoms with Crippen LogP contribution >= 0.6 is 0 Å². The lowest BCUT2D eigenvalue weighted by molar-refractivity contribution is -0.147. The minimum atomic E-state index is -0.815. The molecule has 0 bridgehead atoms.